The number of unbranched alkanes of at least 4 members (excludes halogenated alkanes) is 2. The van der Waals surface area contributed by atoms with E-state index in [0.29, 0.717) is 30.6 Å². The van der Waals surface area contributed by atoms with Crippen molar-refractivity contribution in [2.75, 3.05) is 0 Å². The zero-order valence-electron chi connectivity index (χ0n) is 24.9. The second kappa shape index (κ2) is 12.4. The van der Waals surface area contributed by atoms with Crippen LogP contribution in [0.25, 0.3) is 0 Å². The van der Waals surface area contributed by atoms with E-state index >= 15 is 0 Å². The van der Waals surface area contributed by atoms with Gasteiger partial charge in [-0.25, -0.2) is 4.98 Å². The number of aryl methyl sites for hydroxylation is 1. The monoisotopic (exact) mass is 565 g/mol. The first kappa shape index (κ1) is 29.9. The lowest BCUT2D eigenvalue weighted by atomic mass is 9.61. The highest BCUT2D eigenvalue weighted by Crippen LogP contribution is 2.60. The normalized spacial score (nSPS) is 35.4. The SMILES string of the molecule is C=C1/C(=C\C=C2/CCC[C@]3(C)[C@@H]([C@H](C)/C=C/[C@H](O)C4(c5ncc(CCCCC)s5)CC4)CC[C@@H]23)C[C@@H](O)C[C@@H]1O. The summed E-state index contributed by atoms with van der Waals surface area (Å²) in [5, 5.41) is 32.8. The molecule has 7 atom stereocenters. The summed E-state index contributed by atoms with van der Waals surface area (Å²) >= 11 is 1.82. The Labute approximate surface area is 246 Å². The Morgan fingerprint density at radius 3 is 2.70 bits per heavy atom. The highest BCUT2D eigenvalue weighted by Gasteiger charge is 2.53. The number of aliphatic hydroxyl groups is 3. The lowest BCUT2D eigenvalue weighted by Crippen LogP contribution is -2.35. The molecule has 4 fully saturated rings. The van der Waals surface area contributed by atoms with Gasteiger partial charge in [0.2, 0.25) is 0 Å². The van der Waals surface area contributed by atoms with Gasteiger partial charge in [0.05, 0.1) is 23.7 Å². The van der Waals surface area contributed by atoms with E-state index in [2.05, 4.69) is 51.7 Å². The zero-order valence-corrected chi connectivity index (χ0v) is 25.8. The number of hydrogen-bond acceptors (Lipinski definition) is 5. The molecule has 5 heteroatoms. The molecule has 4 nitrogen and oxygen atoms in total. The fourth-order valence-electron chi connectivity index (χ4n) is 8.18. The quantitative estimate of drug-likeness (QED) is 0.202. The molecule has 5 rings (SSSR count). The van der Waals surface area contributed by atoms with Crippen molar-refractivity contribution in [1.29, 1.82) is 0 Å². The first-order chi connectivity index (χ1) is 19.2. The molecule has 1 aromatic heterocycles. The van der Waals surface area contributed by atoms with Gasteiger partial charge in [0, 0.05) is 17.5 Å². The first-order valence-electron chi connectivity index (χ1n) is 15.9. The number of rotatable bonds is 10. The van der Waals surface area contributed by atoms with Gasteiger partial charge < -0.3 is 15.3 Å². The lowest BCUT2D eigenvalue weighted by Gasteiger charge is -2.44. The van der Waals surface area contributed by atoms with Crippen molar-refractivity contribution < 1.29 is 15.3 Å². The maximum Gasteiger partial charge on any atom is 0.102 e. The van der Waals surface area contributed by atoms with Gasteiger partial charge >= 0.3 is 0 Å². The molecular formula is C35H51NO3S. The van der Waals surface area contributed by atoms with Crippen LogP contribution >= 0.6 is 11.3 Å². The molecular weight excluding hydrogens is 514 g/mol. The summed E-state index contributed by atoms with van der Waals surface area (Å²) in [5.41, 5.74) is 3.39. The van der Waals surface area contributed by atoms with Crippen molar-refractivity contribution in [3.8, 4) is 0 Å². The number of hydrogen-bond donors (Lipinski definition) is 3. The topological polar surface area (TPSA) is 73.6 Å². The van der Waals surface area contributed by atoms with Crippen molar-refractivity contribution in [3.63, 3.8) is 0 Å². The number of aliphatic hydroxyl groups excluding tert-OH is 3. The average molecular weight is 566 g/mol. The third kappa shape index (κ3) is 6.00. The standard InChI is InChI=1S/C35H51NO3S/c1-5-6-7-10-28-22-36-33(40-28)35(18-19-35)32(39)16-11-23(2)29-14-15-30-25(9-8-17-34(29,30)4)12-13-26-20-27(37)21-31(38)24(26)3/h11-13,16,22-23,27,29-32,37-39H,3,5-10,14-15,17-21H2,1-2,4H3/b16-11+,25-12+,26-13-/t23-,27-,29-,30+,31+,32+,34-/m1/s1. The number of nitrogens with zero attached hydrogens (tertiary/aromatic N) is 1. The summed E-state index contributed by atoms with van der Waals surface area (Å²) in [6.07, 6.45) is 23.2. The van der Waals surface area contributed by atoms with Crippen molar-refractivity contribution in [2.45, 2.75) is 128 Å². The molecule has 4 aliphatic rings. The summed E-state index contributed by atoms with van der Waals surface area (Å²) in [4.78, 5) is 6.13. The second-order valence-electron chi connectivity index (χ2n) is 13.6. The maximum atomic E-state index is 11.3. The predicted molar refractivity (Wildman–Crippen MR) is 165 cm³/mol. The second-order valence-corrected chi connectivity index (χ2v) is 14.7. The molecule has 0 spiro atoms. The average Bonchev–Trinajstić information content (AvgIpc) is 3.46. The molecule has 3 N–H and O–H groups in total. The molecule has 40 heavy (non-hydrogen) atoms. The fourth-order valence-corrected chi connectivity index (χ4v) is 9.41. The Morgan fingerprint density at radius 1 is 1.15 bits per heavy atom. The van der Waals surface area contributed by atoms with Crippen molar-refractivity contribution >= 4 is 11.3 Å². The first-order valence-corrected chi connectivity index (χ1v) is 16.8. The number of thiazole rings is 1. The van der Waals surface area contributed by atoms with E-state index in [4.69, 9.17) is 4.98 Å². The van der Waals surface area contributed by atoms with Crippen LogP contribution in [-0.2, 0) is 11.8 Å². The minimum atomic E-state index is -0.637. The third-order valence-electron chi connectivity index (χ3n) is 10.9. The number of fused-ring (bicyclic) bond motifs is 1. The van der Waals surface area contributed by atoms with Crippen LogP contribution in [0.2, 0.25) is 0 Å². The lowest BCUT2D eigenvalue weighted by molar-refractivity contribution is 0.0862. The third-order valence-corrected chi connectivity index (χ3v) is 12.2. The van der Waals surface area contributed by atoms with Gasteiger partial charge in [-0.2, -0.15) is 0 Å². The van der Waals surface area contributed by atoms with Crippen molar-refractivity contribution in [2.24, 2.45) is 23.2 Å². The van der Waals surface area contributed by atoms with Crippen LogP contribution in [-0.4, -0.2) is 38.6 Å². The van der Waals surface area contributed by atoms with Crippen LogP contribution in [0.5, 0.6) is 0 Å². The summed E-state index contributed by atoms with van der Waals surface area (Å²) in [7, 11) is 0. The van der Waals surface area contributed by atoms with Crippen LogP contribution in [0, 0.1) is 23.2 Å². The molecule has 0 saturated heterocycles. The molecule has 0 bridgehead atoms. The van der Waals surface area contributed by atoms with Crippen LogP contribution in [0.1, 0.15) is 108 Å². The maximum absolute atomic E-state index is 11.3. The molecule has 1 heterocycles. The Bertz CT molecular complexity index is 1140. The Balaban J connectivity index is 1.24. The fraction of sp³-hybridized carbons (Fsp3) is 0.686. The predicted octanol–water partition coefficient (Wildman–Crippen LogP) is 7.60. The van der Waals surface area contributed by atoms with Crippen LogP contribution in [0.15, 0.2) is 53.8 Å². The van der Waals surface area contributed by atoms with Gasteiger partial charge in [-0.15, -0.1) is 11.3 Å². The van der Waals surface area contributed by atoms with Gasteiger partial charge in [0.15, 0.2) is 0 Å². The van der Waals surface area contributed by atoms with Crippen molar-refractivity contribution in [3.05, 3.63) is 63.7 Å². The van der Waals surface area contributed by atoms with Gasteiger partial charge in [0.1, 0.15) is 5.01 Å². The highest BCUT2D eigenvalue weighted by molar-refractivity contribution is 7.11. The zero-order chi connectivity index (χ0) is 28.5. The van der Waals surface area contributed by atoms with E-state index in [1.165, 1.54) is 55.4 Å². The summed E-state index contributed by atoms with van der Waals surface area (Å²) < 4.78 is 0. The van der Waals surface area contributed by atoms with E-state index in [1.54, 1.807) is 0 Å². The molecule has 4 aliphatic carbocycles. The molecule has 0 aliphatic heterocycles. The summed E-state index contributed by atoms with van der Waals surface area (Å²) in [6, 6.07) is 0. The van der Waals surface area contributed by atoms with Gasteiger partial charge in [0.25, 0.3) is 0 Å². The van der Waals surface area contributed by atoms with Crippen molar-refractivity contribution in [1.82, 2.24) is 4.98 Å². The van der Waals surface area contributed by atoms with E-state index < -0.39 is 18.3 Å². The Hall–Kier alpha value is -1.53. The molecule has 0 radical (unpaired) electrons. The van der Waals surface area contributed by atoms with Crippen LogP contribution < -0.4 is 0 Å². The Kier molecular flexibility index (Phi) is 9.26. The number of allylic oxidation sites excluding steroid dienone is 4. The smallest absolute Gasteiger partial charge is 0.102 e. The van der Waals surface area contributed by atoms with E-state index in [1.807, 2.05) is 17.5 Å². The molecule has 220 valence electrons. The highest BCUT2D eigenvalue weighted by atomic mass is 32.1. The molecule has 0 amide bonds. The van der Waals surface area contributed by atoms with E-state index in [-0.39, 0.29) is 10.8 Å². The minimum absolute atomic E-state index is 0.162. The van der Waals surface area contributed by atoms with E-state index in [9.17, 15) is 15.3 Å². The summed E-state index contributed by atoms with van der Waals surface area (Å²) in [5.74, 6) is 1.60. The Morgan fingerprint density at radius 2 is 1.95 bits per heavy atom. The number of aromatic nitrogens is 1. The van der Waals surface area contributed by atoms with Crippen LogP contribution in [0.4, 0.5) is 0 Å². The molecule has 1 aromatic rings. The summed E-state index contributed by atoms with van der Waals surface area (Å²) in [6.45, 7) is 11.2. The minimum Gasteiger partial charge on any atom is -0.393 e. The van der Waals surface area contributed by atoms with Gasteiger partial charge in [-0.3, -0.25) is 0 Å². The van der Waals surface area contributed by atoms with Gasteiger partial charge in [-0.05, 0) is 98.5 Å². The van der Waals surface area contributed by atoms with Gasteiger partial charge in [-0.1, -0.05) is 70.1 Å². The molecule has 4 saturated carbocycles. The van der Waals surface area contributed by atoms with E-state index in [0.717, 1.165) is 41.8 Å². The molecule has 0 unspecified atom stereocenters. The molecule has 0 aromatic carbocycles. The largest absolute Gasteiger partial charge is 0.393 e. The van der Waals surface area contributed by atoms with Crippen LogP contribution in [0.3, 0.4) is 0 Å².